The molecule has 18 heavy (non-hydrogen) atoms. The SMILES string of the molecule is Cc1nn(C)cc1CNCC(O)CC1CCCC1. The van der Waals surface area contributed by atoms with Crippen LogP contribution in [-0.4, -0.2) is 27.5 Å². The predicted molar refractivity (Wildman–Crippen MR) is 72.2 cm³/mol. The Bertz CT molecular complexity index is 369. The average molecular weight is 251 g/mol. The van der Waals surface area contributed by atoms with Crippen LogP contribution in [0.1, 0.15) is 43.4 Å². The Balaban J connectivity index is 1.66. The van der Waals surface area contributed by atoms with Crippen molar-refractivity contribution >= 4 is 0 Å². The highest BCUT2D eigenvalue weighted by Crippen LogP contribution is 2.28. The van der Waals surface area contributed by atoms with Gasteiger partial charge in [0.05, 0.1) is 11.8 Å². The quantitative estimate of drug-likeness (QED) is 0.810. The van der Waals surface area contributed by atoms with Crippen LogP contribution in [0.3, 0.4) is 0 Å². The number of rotatable bonds is 6. The van der Waals surface area contributed by atoms with Gasteiger partial charge in [0, 0.05) is 31.9 Å². The van der Waals surface area contributed by atoms with E-state index in [1.54, 1.807) is 0 Å². The first-order chi connectivity index (χ1) is 8.65. The lowest BCUT2D eigenvalue weighted by atomic mass is 10.00. The maximum absolute atomic E-state index is 9.98. The molecule has 2 rings (SSSR count). The summed E-state index contributed by atoms with van der Waals surface area (Å²) in [5.74, 6) is 0.752. The van der Waals surface area contributed by atoms with Crippen molar-refractivity contribution in [1.29, 1.82) is 0 Å². The fraction of sp³-hybridized carbons (Fsp3) is 0.786. The van der Waals surface area contributed by atoms with Crippen molar-refractivity contribution in [1.82, 2.24) is 15.1 Å². The van der Waals surface area contributed by atoms with Gasteiger partial charge in [-0.1, -0.05) is 25.7 Å². The zero-order valence-electron chi connectivity index (χ0n) is 11.5. The molecule has 4 heteroatoms. The topological polar surface area (TPSA) is 50.1 Å². The van der Waals surface area contributed by atoms with Gasteiger partial charge in [0.25, 0.3) is 0 Å². The molecule has 0 spiro atoms. The molecular weight excluding hydrogens is 226 g/mol. The van der Waals surface area contributed by atoms with Crippen molar-refractivity contribution in [2.24, 2.45) is 13.0 Å². The first kappa shape index (κ1) is 13.6. The molecule has 0 radical (unpaired) electrons. The molecule has 1 aromatic rings. The van der Waals surface area contributed by atoms with Gasteiger partial charge in [-0.25, -0.2) is 0 Å². The third-order valence-corrected chi connectivity index (χ3v) is 3.89. The molecule has 1 aromatic heterocycles. The second-order valence-corrected chi connectivity index (χ2v) is 5.58. The highest BCUT2D eigenvalue weighted by molar-refractivity contribution is 5.14. The molecule has 0 bridgehead atoms. The lowest BCUT2D eigenvalue weighted by Crippen LogP contribution is -2.28. The van der Waals surface area contributed by atoms with Crippen molar-refractivity contribution < 1.29 is 5.11 Å². The largest absolute Gasteiger partial charge is 0.392 e. The van der Waals surface area contributed by atoms with Crippen LogP contribution in [0.25, 0.3) is 0 Å². The van der Waals surface area contributed by atoms with Crippen LogP contribution in [0, 0.1) is 12.8 Å². The van der Waals surface area contributed by atoms with E-state index in [9.17, 15) is 5.11 Å². The van der Waals surface area contributed by atoms with Crippen molar-refractivity contribution in [3.05, 3.63) is 17.5 Å². The van der Waals surface area contributed by atoms with Crippen LogP contribution in [0.4, 0.5) is 0 Å². The molecule has 1 saturated carbocycles. The number of nitrogens with zero attached hydrogens (tertiary/aromatic N) is 2. The first-order valence-corrected chi connectivity index (χ1v) is 7.03. The summed E-state index contributed by atoms with van der Waals surface area (Å²) in [6, 6.07) is 0. The number of aliphatic hydroxyl groups excluding tert-OH is 1. The Morgan fingerprint density at radius 1 is 1.50 bits per heavy atom. The molecule has 2 N–H and O–H groups in total. The molecule has 0 aromatic carbocycles. The van der Waals surface area contributed by atoms with E-state index < -0.39 is 0 Å². The minimum atomic E-state index is -0.204. The molecule has 1 atom stereocenters. The second-order valence-electron chi connectivity index (χ2n) is 5.58. The molecule has 1 unspecified atom stereocenters. The minimum absolute atomic E-state index is 0.204. The minimum Gasteiger partial charge on any atom is -0.392 e. The Morgan fingerprint density at radius 2 is 2.22 bits per heavy atom. The molecule has 0 aliphatic heterocycles. The number of hydrogen-bond donors (Lipinski definition) is 2. The maximum atomic E-state index is 9.98. The third-order valence-electron chi connectivity index (χ3n) is 3.89. The van der Waals surface area contributed by atoms with Crippen molar-refractivity contribution in [3.63, 3.8) is 0 Å². The van der Waals surface area contributed by atoms with Crippen molar-refractivity contribution in [3.8, 4) is 0 Å². The van der Waals surface area contributed by atoms with Gasteiger partial charge in [-0.3, -0.25) is 4.68 Å². The molecule has 0 amide bonds. The van der Waals surface area contributed by atoms with Crippen LogP contribution < -0.4 is 5.32 Å². The second kappa shape index (κ2) is 6.34. The zero-order chi connectivity index (χ0) is 13.0. The fourth-order valence-electron chi connectivity index (χ4n) is 2.91. The van der Waals surface area contributed by atoms with E-state index in [2.05, 4.69) is 10.4 Å². The van der Waals surface area contributed by atoms with E-state index in [1.165, 1.54) is 31.2 Å². The van der Waals surface area contributed by atoms with Gasteiger partial charge >= 0.3 is 0 Å². The Labute approximate surface area is 109 Å². The van der Waals surface area contributed by atoms with E-state index in [0.29, 0.717) is 6.54 Å². The number of hydrogen-bond acceptors (Lipinski definition) is 3. The Kier molecular flexibility index (Phi) is 4.78. The molecule has 4 nitrogen and oxygen atoms in total. The summed E-state index contributed by atoms with van der Waals surface area (Å²) in [4.78, 5) is 0. The van der Waals surface area contributed by atoms with E-state index >= 15 is 0 Å². The summed E-state index contributed by atoms with van der Waals surface area (Å²) in [7, 11) is 1.94. The van der Waals surface area contributed by atoms with Crippen LogP contribution in [-0.2, 0) is 13.6 Å². The highest BCUT2D eigenvalue weighted by atomic mass is 16.3. The van der Waals surface area contributed by atoms with Crippen LogP contribution in [0.5, 0.6) is 0 Å². The zero-order valence-corrected chi connectivity index (χ0v) is 11.5. The smallest absolute Gasteiger partial charge is 0.0667 e. The van der Waals surface area contributed by atoms with Crippen LogP contribution in [0.2, 0.25) is 0 Å². The summed E-state index contributed by atoms with van der Waals surface area (Å²) in [5.41, 5.74) is 2.28. The fourth-order valence-corrected chi connectivity index (χ4v) is 2.91. The monoisotopic (exact) mass is 251 g/mol. The standard InChI is InChI=1S/C14H25N3O/c1-11-13(10-17(2)16-11)8-15-9-14(18)7-12-5-3-4-6-12/h10,12,14-15,18H,3-9H2,1-2H3. The van der Waals surface area contributed by atoms with Crippen LogP contribution in [0.15, 0.2) is 6.20 Å². The summed E-state index contributed by atoms with van der Waals surface area (Å²) in [6.07, 6.45) is 8.09. The van der Waals surface area contributed by atoms with Crippen LogP contribution >= 0.6 is 0 Å². The molecule has 1 fully saturated rings. The average Bonchev–Trinajstić information content (AvgIpc) is 2.89. The normalized spacial score (nSPS) is 18.4. The van der Waals surface area contributed by atoms with Gasteiger partial charge in [0.2, 0.25) is 0 Å². The lowest BCUT2D eigenvalue weighted by molar-refractivity contribution is 0.140. The lowest BCUT2D eigenvalue weighted by Gasteiger charge is -2.15. The molecule has 102 valence electrons. The number of aliphatic hydroxyl groups is 1. The predicted octanol–water partition coefficient (Wildman–Crippen LogP) is 1.76. The maximum Gasteiger partial charge on any atom is 0.0667 e. The number of aromatic nitrogens is 2. The molecule has 1 aliphatic carbocycles. The van der Waals surface area contributed by atoms with Gasteiger partial charge in [0.15, 0.2) is 0 Å². The molecular formula is C14H25N3O. The van der Waals surface area contributed by atoms with E-state index in [-0.39, 0.29) is 6.10 Å². The van der Waals surface area contributed by atoms with Crippen molar-refractivity contribution in [2.75, 3.05) is 6.54 Å². The summed E-state index contributed by atoms with van der Waals surface area (Å²) < 4.78 is 1.83. The van der Waals surface area contributed by atoms with Gasteiger partial charge in [-0.15, -0.1) is 0 Å². The summed E-state index contributed by atoms with van der Waals surface area (Å²) in [5, 5.41) is 17.6. The van der Waals surface area contributed by atoms with Gasteiger partial charge < -0.3 is 10.4 Å². The number of nitrogens with one attached hydrogen (secondary N) is 1. The number of aryl methyl sites for hydroxylation is 2. The molecule has 1 heterocycles. The Morgan fingerprint density at radius 3 is 2.83 bits per heavy atom. The van der Waals surface area contributed by atoms with Crippen molar-refractivity contribution in [2.45, 2.75) is 51.7 Å². The van der Waals surface area contributed by atoms with Gasteiger partial charge in [0.1, 0.15) is 0 Å². The van der Waals surface area contributed by atoms with Gasteiger partial charge in [-0.05, 0) is 19.3 Å². The first-order valence-electron chi connectivity index (χ1n) is 7.03. The van der Waals surface area contributed by atoms with E-state index in [1.807, 2.05) is 24.9 Å². The molecule has 0 saturated heterocycles. The highest BCUT2D eigenvalue weighted by Gasteiger charge is 2.18. The summed E-state index contributed by atoms with van der Waals surface area (Å²) >= 11 is 0. The summed E-state index contributed by atoms with van der Waals surface area (Å²) in [6.45, 7) is 3.50. The Hall–Kier alpha value is -0.870. The molecule has 1 aliphatic rings. The van der Waals surface area contributed by atoms with E-state index in [0.717, 1.165) is 24.6 Å². The third kappa shape index (κ3) is 3.82. The van der Waals surface area contributed by atoms with Gasteiger partial charge in [-0.2, -0.15) is 5.10 Å². The van der Waals surface area contributed by atoms with E-state index in [4.69, 9.17) is 0 Å².